The Morgan fingerprint density at radius 3 is 2.48 bits per heavy atom. The van der Waals surface area contributed by atoms with Gasteiger partial charge in [0.15, 0.2) is 0 Å². The minimum absolute atomic E-state index is 0.118. The van der Waals surface area contributed by atoms with E-state index in [4.69, 9.17) is 0 Å². The number of amides is 2. The average Bonchev–Trinajstić information content (AvgIpc) is 2.56. The van der Waals surface area contributed by atoms with Crippen LogP contribution in [0.1, 0.15) is 27.7 Å². The van der Waals surface area contributed by atoms with E-state index in [0.717, 1.165) is 45.0 Å². The van der Waals surface area contributed by atoms with E-state index in [1.54, 1.807) is 0 Å². The summed E-state index contributed by atoms with van der Waals surface area (Å²) in [6.45, 7) is 17.4. The van der Waals surface area contributed by atoms with Crippen LogP contribution in [0.3, 0.4) is 0 Å². The second kappa shape index (κ2) is 9.14. The Morgan fingerprint density at radius 1 is 1.17 bits per heavy atom. The number of nitrogens with zero attached hydrogens (tertiary/aromatic N) is 3. The summed E-state index contributed by atoms with van der Waals surface area (Å²) in [6.07, 6.45) is 0. The molecule has 2 aliphatic rings. The van der Waals surface area contributed by atoms with Crippen LogP contribution in [0.5, 0.6) is 0 Å². The van der Waals surface area contributed by atoms with E-state index < -0.39 is 0 Å². The first-order chi connectivity index (χ1) is 11.0. The topological polar surface area (TPSA) is 38.8 Å². The standard InChI is InChI=1S/C17H34N4OS/c1-5-19-6-8-20(9-7-19)13-14(2)12-18-17(22)21-10-11-23-16(4)15(21)3/h14-16H,5-13H2,1-4H3,(H,18,22)/t14-,15-,16+/m1/s1. The molecule has 0 aromatic heterocycles. The van der Waals surface area contributed by atoms with Gasteiger partial charge in [-0.3, -0.25) is 0 Å². The molecule has 2 aliphatic heterocycles. The van der Waals surface area contributed by atoms with Gasteiger partial charge in [-0.25, -0.2) is 4.79 Å². The summed E-state index contributed by atoms with van der Waals surface area (Å²) in [5, 5.41) is 3.68. The van der Waals surface area contributed by atoms with Crippen molar-refractivity contribution in [2.75, 3.05) is 58.1 Å². The molecule has 0 saturated carbocycles. The largest absolute Gasteiger partial charge is 0.338 e. The summed E-state index contributed by atoms with van der Waals surface area (Å²) in [7, 11) is 0. The maximum absolute atomic E-state index is 12.4. The van der Waals surface area contributed by atoms with Crippen molar-refractivity contribution in [3.8, 4) is 0 Å². The molecule has 0 unspecified atom stereocenters. The summed E-state index contributed by atoms with van der Waals surface area (Å²) in [5.41, 5.74) is 0. The number of urea groups is 1. The number of piperazine rings is 1. The number of nitrogens with one attached hydrogen (secondary N) is 1. The summed E-state index contributed by atoms with van der Waals surface area (Å²) in [5.74, 6) is 1.55. The Hall–Kier alpha value is -0.460. The first-order valence-electron chi connectivity index (χ1n) is 9.12. The predicted octanol–water partition coefficient (Wildman–Crippen LogP) is 1.80. The molecular formula is C17H34N4OS. The van der Waals surface area contributed by atoms with Crippen LogP contribution < -0.4 is 5.32 Å². The minimum atomic E-state index is 0.118. The van der Waals surface area contributed by atoms with Crippen molar-refractivity contribution in [3.63, 3.8) is 0 Å². The lowest BCUT2D eigenvalue weighted by molar-refractivity contribution is 0.123. The van der Waals surface area contributed by atoms with Gasteiger partial charge in [0.2, 0.25) is 0 Å². The highest BCUT2D eigenvalue weighted by Crippen LogP contribution is 2.24. The Balaban J connectivity index is 1.67. The van der Waals surface area contributed by atoms with Crippen LogP contribution in [0.4, 0.5) is 4.79 Å². The van der Waals surface area contributed by atoms with Gasteiger partial charge in [0.25, 0.3) is 0 Å². The van der Waals surface area contributed by atoms with Crippen LogP contribution in [0, 0.1) is 5.92 Å². The number of likely N-dealkylation sites (N-methyl/N-ethyl adjacent to an activating group) is 1. The van der Waals surface area contributed by atoms with E-state index >= 15 is 0 Å². The van der Waals surface area contributed by atoms with Gasteiger partial charge in [-0.05, 0) is 19.4 Å². The van der Waals surface area contributed by atoms with Crippen molar-refractivity contribution in [1.82, 2.24) is 20.0 Å². The normalized spacial score (nSPS) is 28.6. The minimum Gasteiger partial charge on any atom is -0.338 e. The molecule has 2 saturated heterocycles. The van der Waals surface area contributed by atoms with E-state index in [1.165, 1.54) is 13.1 Å². The fourth-order valence-corrected chi connectivity index (χ4v) is 4.48. The molecule has 6 heteroatoms. The van der Waals surface area contributed by atoms with E-state index in [1.807, 2.05) is 16.7 Å². The highest BCUT2D eigenvalue weighted by molar-refractivity contribution is 8.00. The summed E-state index contributed by atoms with van der Waals surface area (Å²) in [4.78, 5) is 19.5. The smallest absolute Gasteiger partial charge is 0.317 e. The van der Waals surface area contributed by atoms with Crippen LogP contribution in [0.2, 0.25) is 0 Å². The molecule has 0 bridgehead atoms. The molecule has 2 amide bonds. The number of rotatable bonds is 5. The molecule has 2 fully saturated rings. The van der Waals surface area contributed by atoms with Crippen molar-refractivity contribution in [2.24, 2.45) is 5.92 Å². The maximum Gasteiger partial charge on any atom is 0.317 e. The Labute approximate surface area is 146 Å². The monoisotopic (exact) mass is 342 g/mol. The molecule has 0 spiro atoms. The summed E-state index contributed by atoms with van der Waals surface area (Å²) in [6, 6.07) is 0.443. The van der Waals surface area contributed by atoms with Crippen molar-refractivity contribution >= 4 is 17.8 Å². The van der Waals surface area contributed by atoms with Crippen LogP contribution >= 0.6 is 11.8 Å². The molecule has 2 heterocycles. The van der Waals surface area contributed by atoms with Crippen LogP contribution in [-0.2, 0) is 0 Å². The molecule has 0 aliphatic carbocycles. The summed E-state index contributed by atoms with van der Waals surface area (Å²) >= 11 is 1.96. The lowest BCUT2D eigenvalue weighted by Crippen LogP contribution is -2.53. The van der Waals surface area contributed by atoms with Crippen molar-refractivity contribution in [2.45, 2.75) is 39.0 Å². The van der Waals surface area contributed by atoms with Crippen LogP contribution in [-0.4, -0.2) is 90.1 Å². The number of hydrogen-bond donors (Lipinski definition) is 1. The highest BCUT2D eigenvalue weighted by atomic mass is 32.2. The second-order valence-corrected chi connectivity index (χ2v) is 8.52. The molecule has 0 aromatic rings. The third kappa shape index (κ3) is 5.54. The molecule has 5 nitrogen and oxygen atoms in total. The zero-order chi connectivity index (χ0) is 16.8. The lowest BCUT2D eigenvalue weighted by atomic mass is 10.1. The zero-order valence-electron chi connectivity index (χ0n) is 15.3. The van der Waals surface area contributed by atoms with Gasteiger partial charge in [-0.2, -0.15) is 11.8 Å². The van der Waals surface area contributed by atoms with Crippen molar-refractivity contribution in [3.05, 3.63) is 0 Å². The predicted molar refractivity (Wildman–Crippen MR) is 99.2 cm³/mol. The van der Waals surface area contributed by atoms with Gasteiger partial charge in [0.1, 0.15) is 0 Å². The average molecular weight is 343 g/mol. The third-order valence-electron chi connectivity index (χ3n) is 5.23. The number of carbonyl (C=O) groups is 1. The van der Waals surface area contributed by atoms with Gasteiger partial charge in [-0.1, -0.05) is 20.8 Å². The number of hydrogen-bond acceptors (Lipinski definition) is 4. The van der Waals surface area contributed by atoms with Gasteiger partial charge < -0.3 is 20.0 Å². The number of thioether (sulfide) groups is 1. The van der Waals surface area contributed by atoms with Gasteiger partial charge in [0, 0.05) is 62.9 Å². The molecule has 23 heavy (non-hydrogen) atoms. The van der Waals surface area contributed by atoms with Crippen molar-refractivity contribution < 1.29 is 4.79 Å². The molecular weight excluding hydrogens is 308 g/mol. The molecule has 2 rings (SSSR count). The van der Waals surface area contributed by atoms with Gasteiger partial charge in [-0.15, -0.1) is 0 Å². The van der Waals surface area contributed by atoms with E-state index in [2.05, 4.69) is 42.8 Å². The SMILES string of the molecule is CCN1CCN(C[C@H](C)CNC(=O)N2CCS[C@@H](C)[C@H]2C)CC1. The first-order valence-corrected chi connectivity index (χ1v) is 10.2. The fourth-order valence-electron chi connectivity index (χ4n) is 3.38. The molecule has 1 N–H and O–H groups in total. The van der Waals surface area contributed by atoms with Gasteiger partial charge >= 0.3 is 6.03 Å². The third-order valence-corrected chi connectivity index (χ3v) is 6.57. The highest BCUT2D eigenvalue weighted by Gasteiger charge is 2.29. The quantitative estimate of drug-likeness (QED) is 0.827. The zero-order valence-corrected chi connectivity index (χ0v) is 16.1. The molecule has 0 aromatic carbocycles. The molecule has 134 valence electrons. The lowest BCUT2D eigenvalue weighted by Gasteiger charge is -2.38. The van der Waals surface area contributed by atoms with E-state index in [-0.39, 0.29) is 6.03 Å². The maximum atomic E-state index is 12.4. The van der Waals surface area contributed by atoms with Crippen LogP contribution in [0.25, 0.3) is 0 Å². The van der Waals surface area contributed by atoms with Gasteiger partial charge in [0.05, 0.1) is 0 Å². The Morgan fingerprint density at radius 2 is 1.83 bits per heavy atom. The number of carbonyl (C=O) groups excluding carboxylic acids is 1. The second-order valence-electron chi connectivity index (χ2n) is 7.04. The van der Waals surface area contributed by atoms with Crippen molar-refractivity contribution in [1.29, 1.82) is 0 Å². The van der Waals surface area contributed by atoms with E-state index in [0.29, 0.717) is 17.2 Å². The Bertz CT molecular complexity index is 374. The fraction of sp³-hybridized carbons (Fsp3) is 0.941. The molecule has 3 atom stereocenters. The first kappa shape index (κ1) is 18.9. The summed E-state index contributed by atoms with van der Waals surface area (Å²) < 4.78 is 0. The van der Waals surface area contributed by atoms with Crippen LogP contribution in [0.15, 0.2) is 0 Å². The van der Waals surface area contributed by atoms with E-state index in [9.17, 15) is 4.79 Å². The molecule has 0 radical (unpaired) electrons. The Kier molecular flexibility index (Phi) is 7.50.